The van der Waals surface area contributed by atoms with E-state index in [1.165, 1.54) is 0 Å². The van der Waals surface area contributed by atoms with Gasteiger partial charge in [-0.05, 0) is 54.9 Å². The van der Waals surface area contributed by atoms with E-state index in [1.807, 2.05) is 98.3 Å². The summed E-state index contributed by atoms with van der Waals surface area (Å²) in [6, 6.07) is 23.4. The summed E-state index contributed by atoms with van der Waals surface area (Å²) in [5.41, 5.74) is 5.05. The molecule has 0 saturated heterocycles. The van der Waals surface area contributed by atoms with Crippen molar-refractivity contribution >= 4 is 30.8 Å². The zero-order valence-electron chi connectivity index (χ0n) is 27.3. The molecule has 0 spiro atoms. The predicted molar refractivity (Wildman–Crippen MR) is 184 cm³/mol. The number of H-pyrrole nitrogens is 1. The van der Waals surface area contributed by atoms with E-state index in [0.717, 1.165) is 27.6 Å². The number of nitrogens with zero attached hydrogens (tertiary/aromatic N) is 3. The van der Waals surface area contributed by atoms with Gasteiger partial charge >= 0.3 is 0 Å². The van der Waals surface area contributed by atoms with Crippen molar-refractivity contribution in [3.05, 3.63) is 108 Å². The minimum Gasteiger partial charge on any atom is -0.490 e. The number of aliphatic hydroxyl groups excluding tert-OH is 1. The molecule has 1 aliphatic heterocycles. The highest BCUT2D eigenvalue weighted by atomic mass is 28.4. The molecule has 0 fully saturated rings. The van der Waals surface area contributed by atoms with Gasteiger partial charge in [-0.2, -0.15) is 0 Å². The molecule has 10 nitrogen and oxygen atoms in total. The minimum atomic E-state index is -2.73. The largest absolute Gasteiger partial charge is 0.490 e. The second-order valence-corrected chi connectivity index (χ2v) is 17.1. The molecule has 2 aromatic heterocycles. The van der Waals surface area contributed by atoms with E-state index in [4.69, 9.17) is 9.47 Å². The van der Waals surface area contributed by atoms with Crippen LogP contribution < -0.4 is 10.1 Å². The molecule has 3 aromatic carbocycles. The first-order valence-corrected chi connectivity index (χ1v) is 19.1. The van der Waals surface area contributed by atoms with E-state index in [0.29, 0.717) is 30.1 Å². The van der Waals surface area contributed by atoms with Crippen LogP contribution in [0.1, 0.15) is 47.8 Å². The fourth-order valence-electron chi connectivity index (χ4n) is 6.94. The molecular weight excluding hydrogens is 611 g/mol. The average molecular weight is 654 g/mol. The number of hydrogen-bond donors (Lipinski definition) is 4. The van der Waals surface area contributed by atoms with Gasteiger partial charge in [-0.25, -0.2) is 0 Å². The van der Waals surface area contributed by atoms with Crippen LogP contribution in [0.15, 0.2) is 85.2 Å². The first-order valence-electron chi connectivity index (χ1n) is 16.1. The number of carbonyl (C=O) groups excluding carboxylic acids is 1. The van der Waals surface area contributed by atoms with E-state index < -0.39 is 8.32 Å². The monoisotopic (exact) mass is 653 g/mol. The Morgan fingerprint density at radius 2 is 1.89 bits per heavy atom. The number of rotatable bonds is 12. The van der Waals surface area contributed by atoms with Crippen molar-refractivity contribution in [2.45, 2.75) is 63.1 Å². The lowest BCUT2D eigenvalue weighted by molar-refractivity contribution is -0.115. The molecular formula is C36H43N5O5Si. The number of hydrogen-bond acceptors (Lipinski definition) is 7. The summed E-state index contributed by atoms with van der Waals surface area (Å²) in [5, 5.41) is 22.9. The Morgan fingerprint density at radius 1 is 1.13 bits per heavy atom. The van der Waals surface area contributed by atoms with Gasteiger partial charge in [-0.15, -0.1) is 5.10 Å². The van der Waals surface area contributed by atoms with Crippen molar-refractivity contribution in [1.29, 1.82) is 0 Å². The minimum absolute atomic E-state index is 0.0668. The fraction of sp³-hybridized carbons (Fsp3) is 0.361. The average Bonchev–Trinajstić information content (AvgIpc) is 3.69. The number of methoxy groups -OCH3 is 1. The predicted octanol–water partition coefficient (Wildman–Crippen LogP) is 5.81. The molecule has 0 aliphatic carbocycles. The lowest BCUT2D eigenvalue weighted by Crippen LogP contribution is -2.48. The maximum atomic E-state index is 13.0. The number of amides is 1. The zero-order chi connectivity index (χ0) is 33.1. The number of aromatic nitrogens is 4. The first kappa shape index (κ1) is 32.6. The Hall–Kier alpha value is -4.29. The third kappa shape index (κ3) is 7.03. The van der Waals surface area contributed by atoms with Crippen molar-refractivity contribution in [3.63, 3.8) is 0 Å². The first-order chi connectivity index (χ1) is 22.7. The molecule has 47 heavy (non-hydrogen) atoms. The number of benzene rings is 3. The molecule has 5 atom stereocenters. The van der Waals surface area contributed by atoms with E-state index in [2.05, 4.69) is 27.5 Å². The van der Waals surface area contributed by atoms with Crippen molar-refractivity contribution in [3.8, 4) is 5.75 Å². The zero-order valence-corrected chi connectivity index (χ0v) is 28.3. The topological polar surface area (TPSA) is 135 Å². The fourth-order valence-corrected chi connectivity index (χ4v) is 8.95. The highest BCUT2D eigenvalue weighted by Crippen LogP contribution is 2.47. The summed E-state index contributed by atoms with van der Waals surface area (Å²) in [5.74, 6) is 0.254. The summed E-state index contributed by atoms with van der Waals surface area (Å²) in [6.07, 6.45) is 4.07. The second-order valence-electron chi connectivity index (χ2n) is 13.0. The number of para-hydroxylation sites is 1. The van der Waals surface area contributed by atoms with Gasteiger partial charge in [0.2, 0.25) is 5.91 Å². The third-order valence-electron chi connectivity index (χ3n) is 9.41. The highest BCUT2D eigenvalue weighted by Gasteiger charge is 2.46. The van der Waals surface area contributed by atoms with Gasteiger partial charge in [0.1, 0.15) is 11.9 Å². The van der Waals surface area contributed by atoms with Crippen LogP contribution in [-0.4, -0.2) is 63.9 Å². The molecule has 0 radical (unpaired) electrons. The number of fused-ring (bicyclic) bond motifs is 2. The SMILES string of the molecule is CO[C@@H]1c2cc(NC(=O)Cc3c[nH]c4ccccc34)ccc2O[C@H](C(CCn2cc(C(CO)c3ccccc3)nn2)[Si](C)(C)O)[C@H]1C. The Bertz CT molecular complexity index is 1820. The van der Waals surface area contributed by atoms with Crippen LogP contribution in [0.5, 0.6) is 5.75 Å². The molecule has 5 aromatic rings. The number of ether oxygens (including phenoxy) is 2. The summed E-state index contributed by atoms with van der Waals surface area (Å²) in [6.45, 7) is 6.46. The van der Waals surface area contributed by atoms with Crippen LogP contribution in [0.2, 0.25) is 18.6 Å². The van der Waals surface area contributed by atoms with E-state index in [-0.39, 0.29) is 48.5 Å². The van der Waals surface area contributed by atoms with Crippen molar-refractivity contribution in [2.24, 2.45) is 5.92 Å². The number of aryl methyl sites for hydroxylation is 1. The van der Waals surface area contributed by atoms with Crippen LogP contribution in [0.4, 0.5) is 5.69 Å². The quantitative estimate of drug-likeness (QED) is 0.125. The van der Waals surface area contributed by atoms with Crippen LogP contribution in [0.25, 0.3) is 10.9 Å². The van der Waals surface area contributed by atoms with Gasteiger partial charge in [0.05, 0.1) is 30.7 Å². The Labute approximate surface area is 275 Å². The lowest BCUT2D eigenvalue weighted by atomic mass is 9.86. The summed E-state index contributed by atoms with van der Waals surface area (Å²) in [4.78, 5) is 27.8. The van der Waals surface area contributed by atoms with E-state index in [9.17, 15) is 14.7 Å². The van der Waals surface area contributed by atoms with Crippen LogP contribution in [0.3, 0.4) is 0 Å². The Balaban J connectivity index is 1.16. The molecule has 4 N–H and O–H groups in total. The maximum absolute atomic E-state index is 13.0. The maximum Gasteiger partial charge on any atom is 0.228 e. The van der Waals surface area contributed by atoms with Crippen molar-refractivity contribution in [1.82, 2.24) is 20.0 Å². The normalized spacial score (nSPS) is 19.1. The third-order valence-corrected chi connectivity index (χ3v) is 11.8. The molecule has 0 bridgehead atoms. The van der Waals surface area contributed by atoms with E-state index >= 15 is 0 Å². The van der Waals surface area contributed by atoms with Gasteiger partial charge in [-0.3, -0.25) is 9.48 Å². The van der Waals surface area contributed by atoms with Gasteiger partial charge in [0.25, 0.3) is 0 Å². The molecule has 246 valence electrons. The smallest absolute Gasteiger partial charge is 0.228 e. The van der Waals surface area contributed by atoms with E-state index in [1.54, 1.807) is 11.8 Å². The van der Waals surface area contributed by atoms with Crippen LogP contribution in [0, 0.1) is 5.92 Å². The molecule has 11 heteroatoms. The van der Waals surface area contributed by atoms with Gasteiger partial charge in [0, 0.05) is 59.7 Å². The number of anilines is 1. The number of aromatic amines is 1. The van der Waals surface area contributed by atoms with Crippen molar-refractivity contribution in [2.75, 3.05) is 19.0 Å². The van der Waals surface area contributed by atoms with Gasteiger partial charge < -0.3 is 29.7 Å². The van der Waals surface area contributed by atoms with Gasteiger partial charge in [0.15, 0.2) is 8.32 Å². The molecule has 6 rings (SSSR count). The van der Waals surface area contributed by atoms with Crippen LogP contribution >= 0.6 is 0 Å². The Kier molecular flexibility index (Phi) is 9.60. The summed E-state index contributed by atoms with van der Waals surface area (Å²) in [7, 11) is -1.05. The lowest BCUT2D eigenvalue weighted by Gasteiger charge is -2.43. The highest BCUT2D eigenvalue weighted by molar-refractivity contribution is 6.71. The molecule has 0 saturated carbocycles. The second kappa shape index (κ2) is 13.8. The molecule has 1 amide bonds. The number of aliphatic hydroxyl groups is 1. The summed E-state index contributed by atoms with van der Waals surface area (Å²) >= 11 is 0. The van der Waals surface area contributed by atoms with Crippen molar-refractivity contribution < 1.29 is 24.2 Å². The number of carbonyl (C=O) groups is 1. The molecule has 2 unspecified atom stereocenters. The molecule has 1 aliphatic rings. The number of nitrogens with one attached hydrogen (secondary N) is 2. The van der Waals surface area contributed by atoms with Gasteiger partial charge in [-0.1, -0.05) is 60.7 Å². The standard InChI is InChI=1S/C36H43N5O5Si/c1-23-35(45-2)28-19-26(38-34(43)18-25-20-37-30-13-9-8-12-27(25)30)14-15-32(28)46-36(23)33(47(3,4)44)16-17-41-21-31(39-40-41)29(22-42)24-10-6-5-7-11-24/h5-15,19-21,23,29,33,35-37,42,44H,16-18,22H2,1-4H3,(H,38,43)/t23-,29?,33?,35-,36-/m0/s1. The summed E-state index contributed by atoms with van der Waals surface area (Å²) < 4.78 is 14.5. The Morgan fingerprint density at radius 3 is 2.64 bits per heavy atom. The molecule has 3 heterocycles. The van der Waals surface area contributed by atoms with Crippen LogP contribution in [-0.2, 0) is 22.5 Å².